The van der Waals surface area contributed by atoms with E-state index in [0.29, 0.717) is 16.3 Å². The van der Waals surface area contributed by atoms with Crippen molar-refractivity contribution >= 4 is 44.9 Å². The molecule has 4 aromatic rings. The van der Waals surface area contributed by atoms with E-state index in [9.17, 15) is 14.4 Å². The van der Waals surface area contributed by atoms with Gasteiger partial charge in [0.1, 0.15) is 11.5 Å². The highest BCUT2D eigenvalue weighted by atomic mass is 32.1. The lowest BCUT2D eigenvalue weighted by molar-refractivity contribution is -0.135. The van der Waals surface area contributed by atoms with Gasteiger partial charge in [-0.25, -0.2) is 4.98 Å². The Kier molecular flexibility index (Phi) is 4.10. The van der Waals surface area contributed by atoms with Crippen molar-refractivity contribution in [2.24, 2.45) is 5.92 Å². The van der Waals surface area contributed by atoms with Crippen LogP contribution in [0.3, 0.4) is 0 Å². The monoisotopic (exact) mass is 402 g/mol. The van der Waals surface area contributed by atoms with Gasteiger partial charge in [0.05, 0.1) is 6.04 Å². The first-order valence-corrected chi connectivity index (χ1v) is 9.88. The fourth-order valence-electron chi connectivity index (χ4n) is 3.72. The topological polar surface area (TPSA) is 80.5 Å². The molecule has 142 valence electrons. The van der Waals surface area contributed by atoms with E-state index in [-0.39, 0.29) is 5.76 Å². The summed E-state index contributed by atoms with van der Waals surface area (Å²) in [4.78, 5) is 44.7. The van der Waals surface area contributed by atoms with Crippen LogP contribution in [0, 0.1) is 5.92 Å². The fourth-order valence-corrected chi connectivity index (χ4v) is 4.40. The molecule has 2 atom stereocenters. The predicted octanol–water partition coefficient (Wildman–Crippen LogP) is 4.05. The maximum atomic E-state index is 13.4. The molecule has 0 N–H and O–H groups in total. The van der Waals surface area contributed by atoms with Crippen molar-refractivity contribution in [2.75, 3.05) is 4.90 Å². The van der Waals surface area contributed by atoms with Gasteiger partial charge < -0.3 is 4.42 Å². The van der Waals surface area contributed by atoms with Gasteiger partial charge in [-0.2, -0.15) is 0 Å². The molecule has 6 nitrogen and oxygen atoms in total. The standard InChI is InChI=1S/C22H14N2O4S/c25-19(16-12-14-8-4-5-9-15(14)28-16)17-18(13-6-2-1-3-7-13)24(21(27)20(17)26)22-23-10-11-29-22/h1-12,17-18H. The third-order valence-electron chi connectivity index (χ3n) is 5.02. The van der Waals surface area contributed by atoms with E-state index in [1.807, 2.05) is 30.3 Å². The van der Waals surface area contributed by atoms with Crippen LogP contribution in [-0.2, 0) is 9.59 Å². The molecule has 2 unspecified atom stereocenters. The van der Waals surface area contributed by atoms with Gasteiger partial charge >= 0.3 is 0 Å². The summed E-state index contributed by atoms with van der Waals surface area (Å²) in [5, 5.41) is 2.88. The average Bonchev–Trinajstić information content (AvgIpc) is 3.47. The maximum Gasteiger partial charge on any atom is 0.297 e. The SMILES string of the molecule is O=C1C(=O)N(c2nccs2)C(c2ccccc2)C1C(=O)c1cc2ccccc2o1. The van der Waals surface area contributed by atoms with Crippen molar-refractivity contribution in [1.29, 1.82) is 0 Å². The van der Waals surface area contributed by atoms with E-state index >= 15 is 0 Å². The summed E-state index contributed by atoms with van der Waals surface area (Å²) >= 11 is 1.24. The highest BCUT2D eigenvalue weighted by molar-refractivity contribution is 7.14. The van der Waals surface area contributed by atoms with Crippen molar-refractivity contribution in [3.8, 4) is 0 Å². The average molecular weight is 402 g/mol. The number of carbonyl (C=O) groups excluding carboxylic acids is 3. The second-order valence-corrected chi connectivity index (χ2v) is 7.57. The number of aromatic nitrogens is 1. The van der Waals surface area contributed by atoms with Crippen LogP contribution in [-0.4, -0.2) is 22.5 Å². The molecular formula is C22H14N2O4S. The zero-order valence-corrected chi connectivity index (χ0v) is 15.8. The van der Waals surface area contributed by atoms with Gasteiger partial charge in [0.25, 0.3) is 5.91 Å². The molecule has 0 bridgehead atoms. The quantitative estimate of drug-likeness (QED) is 0.292. The van der Waals surface area contributed by atoms with Crippen LogP contribution < -0.4 is 4.90 Å². The molecule has 7 heteroatoms. The number of hydrogen-bond acceptors (Lipinski definition) is 6. The third-order valence-corrected chi connectivity index (χ3v) is 5.79. The first-order chi connectivity index (χ1) is 14.1. The molecular weight excluding hydrogens is 388 g/mol. The minimum Gasteiger partial charge on any atom is -0.453 e. The molecule has 2 aromatic carbocycles. The van der Waals surface area contributed by atoms with Crippen LogP contribution in [0.15, 0.2) is 76.7 Å². The summed E-state index contributed by atoms with van der Waals surface area (Å²) in [6.07, 6.45) is 1.56. The first-order valence-electron chi connectivity index (χ1n) is 9.00. The van der Waals surface area contributed by atoms with Crippen LogP contribution >= 0.6 is 11.3 Å². The molecule has 1 aliphatic rings. The van der Waals surface area contributed by atoms with Crippen molar-refractivity contribution in [3.63, 3.8) is 0 Å². The van der Waals surface area contributed by atoms with E-state index in [2.05, 4.69) is 4.98 Å². The molecule has 0 spiro atoms. The Balaban J connectivity index is 1.64. The Morgan fingerprint density at radius 2 is 1.79 bits per heavy atom. The van der Waals surface area contributed by atoms with Crippen LogP contribution in [0.5, 0.6) is 0 Å². The Morgan fingerprint density at radius 3 is 2.52 bits per heavy atom. The number of anilines is 1. The number of Topliss-reactive ketones (excluding diaryl/α,β-unsaturated/α-hetero) is 2. The highest BCUT2D eigenvalue weighted by Crippen LogP contribution is 2.42. The molecule has 29 heavy (non-hydrogen) atoms. The number of amides is 1. The second-order valence-electron chi connectivity index (χ2n) is 6.70. The number of hydrogen-bond donors (Lipinski definition) is 0. The zero-order chi connectivity index (χ0) is 20.0. The number of ketones is 2. The Labute approximate surface area is 169 Å². The molecule has 0 aliphatic carbocycles. The fraction of sp³-hybridized carbons (Fsp3) is 0.0909. The van der Waals surface area contributed by atoms with Crippen molar-refractivity contribution in [3.05, 3.63) is 83.6 Å². The second kappa shape index (κ2) is 6.79. The molecule has 5 rings (SSSR count). The Bertz CT molecular complexity index is 1200. The van der Waals surface area contributed by atoms with Crippen LogP contribution in [0.1, 0.15) is 22.2 Å². The van der Waals surface area contributed by atoms with E-state index in [1.165, 1.54) is 16.2 Å². The zero-order valence-electron chi connectivity index (χ0n) is 15.0. The minimum absolute atomic E-state index is 0.0688. The van der Waals surface area contributed by atoms with E-state index in [4.69, 9.17) is 4.42 Å². The van der Waals surface area contributed by atoms with E-state index < -0.39 is 29.4 Å². The molecule has 2 aromatic heterocycles. The van der Waals surface area contributed by atoms with Gasteiger partial charge in [0.15, 0.2) is 10.9 Å². The largest absolute Gasteiger partial charge is 0.453 e. The first kappa shape index (κ1) is 17.5. The molecule has 1 fully saturated rings. The van der Waals surface area contributed by atoms with Gasteiger partial charge in [0.2, 0.25) is 11.6 Å². The lowest BCUT2D eigenvalue weighted by atomic mass is 9.88. The predicted molar refractivity (Wildman–Crippen MR) is 108 cm³/mol. The number of thiazole rings is 1. The Hall–Kier alpha value is -3.58. The number of rotatable bonds is 4. The van der Waals surface area contributed by atoms with Crippen LogP contribution in [0.25, 0.3) is 11.0 Å². The van der Waals surface area contributed by atoms with E-state index in [1.54, 1.807) is 41.9 Å². The van der Waals surface area contributed by atoms with E-state index in [0.717, 1.165) is 5.39 Å². The van der Waals surface area contributed by atoms with Gasteiger partial charge in [-0.15, -0.1) is 11.3 Å². The van der Waals surface area contributed by atoms with Gasteiger partial charge in [-0.05, 0) is 17.7 Å². The van der Waals surface area contributed by atoms with Crippen molar-refractivity contribution in [2.45, 2.75) is 6.04 Å². The van der Waals surface area contributed by atoms with Gasteiger partial charge in [-0.3, -0.25) is 19.3 Å². The van der Waals surface area contributed by atoms with Gasteiger partial charge in [0, 0.05) is 17.0 Å². The molecule has 0 saturated carbocycles. The van der Waals surface area contributed by atoms with Gasteiger partial charge in [-0.1, -0.05) is 48.5 Å². The number of nitrogens with zero attached hydrogens (tertiary/aromatic N) is 2. The number of furan rings is 1. The molecule has 1 aliphatic heterocycles. The normalized spacial score (nSPS) is 19.2. The number of carbonyl (C=O) groups is 3. The van der Waals surface area contributed by atoms with Crippen molar-refractivity contribution < 1.29 is 18.8 Å². The molecule has 3 heterocycles. The summed E-state index contributed by atoms with van der Waals surface area (Å²) < 4.78 is 5.69. The summed E-state index contributed by atoms with van der Waals surface area (Å²) in [5.74, 6) is -3.12. The van der Waals surface area contributed by atoms with Crippen LogP contribution in [0.4, 0.5) is 5.13 Å². The molecule has 0 radical (unpaired) electrons. The summed E-state index contributed by atoms with van der Waals surface area (Å²) in [6.45, 7) is 0. The molecule has 1 amide bonds. The highest BCUT2D eigenvalue weighted by Gasteiger charge is 2.53. The Morgan fingerprint density at radius 1 is 1.03 bits per heavy atom. The summed E-state index contributed by atoms with van der Waals surface area (Å²) in [6, 6.07) is 17.1. The number of para-hydroxylation sites is 1. The maximum absolute atomic E-state index is 13.4. The summed E-state index contributed by atoms with van der Waals surface area (Å²) in [5.41, 5.74) is 1.25. The number of fused-ring (bicyclic) bond motifs is 1. The third kappa shape index (κ3) is 2.78. The number of benzene rings is 2. The summed E-state index contributed by atoms with van der Waals surface area (Å²) in [7, 11) is 0. The smallest absolute Gasteiger partial charge is 0.297 e. The minimum atomic E-state index is -1.20. The van der Waals surface area contributed by atoms with Crippen molar-refractivity contribution in [1.82, 2.24) is 4.98 Å². The molecule has 1 saturated heterocycles. The lowest BCUT2D eigenvalue weighted by Crippen LogP contribution is -2.30. The van der Waals surface area contributed by atoms with Crippen LogP contribution in [0.2, 0.25) is 0 Å². The lowest BCUT2D eigenvalue weighted by Gasteiger charge is -2.24.